The molecule has 1 unspecified atom stereocenters. The fraction of sp³-hybridized carbons (Fsp3) is 0.250. The molecule has 0 fully saturated rings. The highest BCUT2D eigenvalue weighted by Gasteiger charge is 2.33. The third kappa shape index (κ3) is 4.81. The molecule has 0 bridgehead atoms. The van der Waals surface area contributed by atoms with Gasteiger partial charge in [-0.2, -0.15) is 5.26 Å². The van der Waals surface area contributed by atoms with Crippen molar-refractivity contribution in [1.29, 1.82) is 10.7 Å². The van der Waals surface area contributed by atoms with Gasteiger partial charge in [-0.25, -0.2) is 23.7 Å². The molecule has 0 saturated heterocycles. The molecule has 3 N–H and O–H groups in total. The number of carbonyl (C=O) groups excluding carboxylic acids is 1. The van der Waals surface area contributed by atoms with Crippen LogP contribution in [0.4, 0.5) is 20.3 Å². The first kappa shape index (κ1) is 24.9. The first-order valence-electron chi connectivity index (χ1n) is 10.8. The molecule has 0 aliphatic carbocycles. The second kappa shape index (κ2) is 10.2. The molecule has 1 aliphatic heterocycles. The molecular formula is C24H20ClF2N7O2. The van der Waals surface area contributed by atoms with Gasteiger partial charge in [0.25, 0.3) is 5.91 Å². The SMILES string of the molecule is CC1Oc2cc(-c3c(C#N)c(CCC(F)F)nc(N)c3C=N)ccc2N(Cc2ncc(Cl)cn2)C1=O. The van der Waals surface area contributed by atoms with E-state index in [9.17, 15) is 18.8 Å². The van der Waals surface area contributed by atoms with Crippen molar-refractivity contribution in [3.05, 3.63) is 58.3 Å². The van der Waals surface area contributed by atoms with Crippen LogP contribution in [0.5, 0.6) is 5.75 Å². The maximum absolute atomic E-state index is 12.9. The standard InChI is InChI=1S/C24H20ClF2N7O2/c1-12-24(35)34(11-21-31-9-14(25)10-32-21)18-4-2-13(6-19(18)36-12)22-15(7-28)17(3-5-20(26)27)33-23(30)16(22)8-29/h2,4,6,8-10,12,20,29H,3,5,11H2,1H3,(H2,30,33). The molecule has 1 atom stereocenters. The van der Waals surface area contributed by atoms with Gasteiger partial charge in [-0.1, -0.05) is 17.7 Å². The van der Waals surface area contributed by atoms with Gasteiger partial charge in [-0.05, 0) is 31.0 Å². The van der Waals surface area contributed by atoms with Crippen LogP contribution in [0.3, 0.4) is 0 Å². The monoisotopic (exact) mass is 511 g/mol. The lowest BCUT2D eigenvalue weighted by atomic mass is 9.92. The smallest absolute Gasteiger partial charge is 0.268 e. The molecule has 1 amide bonds. The summed E-state index contributed by atoms with van der Waals surface area (Å²) in [5, 5.41) is 18.1. The summed E-state index contributed by atoms with van der Waals surface area (Å²) in [4.78, 5) is 26.8. The molecule has 12 heteroatoms. The lowest BCUT2D eigenvalue weighted by Gasteiger charge is -2.33. The van der Waals surface area contributed by atoms with E-state index in [4.69, 9.17) is 27.5 Å². The van der Waals surface area contributed by atoms with E-state index >= 15 is 0 Å². The first-order valence-corrected chi connectivity index (χ1v) is 11.2. The molecule has 1 aliphatic rings. The maximum atomic E-state index is 12.9. The van der Waals surface area contributed by atoms with Gasteiger partial charge in [0.2, 0.25) is 6.43 Å². The normalized spacial score (nSPS) is 14.8. The van der Waals surface area contributed by atoms with Crippen LogP contribution in [0.25, 0.3) is 11.1 Å². The number of hydrogen-bond donors (Lipinski definition) is 2. The number of nitrogens with two attached hydrogens (primary N) is 1. The fourth-order valence-corrected chi connectivity index (χ4v) is 4.05. The van der Waals surface area contributed by atoms with Gasteiger partial charge in [-0.3, -0.25) is 9.69 Å². The maximum Gasteiger partial charge on any atom is 0.268 e. The summed E-state index contributed by atoms with van der Waals surface area (Å²) >= 11 is 5.85. The lowest BCUT2D eigenvalue weighted by Crippen LogP contribution is -2.44. The number of carbonyl (C=O) groups is 1. The highest BCUT2D eigenvalue weighted by Crippen LogP contribution is 2.40. The number of amides is 1. The minimum atomic E-state index is -2.57. The Hall–Kier alpha value is -4.17. The molecule has 0 spiro atoms. The summed E-state index contributed by atoms with van der Waals surface area (Å²) in [5.74, 6) is 0.374. The van der Waals surface area contributed by atoms with Gasteiger partial charge in [-0.15, -0.1) is 0 Å². The zero-order valence-electron chi connectivity index (χ0n) is 19.0. The minimum Gasteiger partial charge on any atom is -0.479 e. The number of nitrogen functional groups attached to an aromatic ring is 1. The Morgan fingerprint density at radius 3 is 2.72 bits per heavy atom. The summed E-state index contributed by atoms with van der Waals surface area (Å²) < 4.78 is 31.5. The van der Waals surface area contributed by atoms with E-state index < -0.39 is 19.0 Å². The van der Waals surface area contributed by atoms with Crippen molar-refractivity contribution in [2.75, 3.05) is 10.6 Å². The molecular weight excluding hydrogens is 492 g/mol. The van der Waals surface area contributed by atoms with E-state index in [0.717, 1.165) is 6.21 Å². The highest BCUT2D eigenvalue weighted by atomic mass is 35.5. The zero-order valence-corrected chi connectivity index (χ0v) is 19.8. The van der Waals surface area contributed by atoms with E-state index in [0.29, 0.717) is 27.8 Å². The number of rotatable bonds is 7. The van der Waals surface area contributed by atoms with Crippen molar-refractivity contribution >= 4 is 35.2 Å². The van der Waals surface area contributed by atoms with Crippen LogP contribution in [0.2, 0.25) is 5.02 Å². The Bertz CT molecular complexity index is 1380. The van der Waals surface area contributed by atoms with Gasteiger partial charge >= 0.3 is 0 Å². The number of nitrogens with one attached hydrogen (secondary N) is 1. The molecule has 9 nitrogen and oxygen atoms in total. The zero-order chi connectivity index (χ0) is 26.0. The second-order valence-corrected chi connectivity index (χ2v) is 8.41. The van der Waals surface area contributed by atoms with E-state index in [2.05, 4.69) is 15.0 Å². The van der Waals surface area contributed by atoms with Crippen LogP contribution in [-0.4, -0.2) is 39.6 Å². The Morgan fingerprint density at radius 1 is 1.36 bits per heavy atom. The van der Waals surface area contributed by atoms with Gasteiger partial charge < -0.3 is 15.9 Å². The predicted molar refractivity (Wildman–Crippen MR) is 129 cm³/mol. The van der Waals surface area contributed by atoms with E-state index in [1.807, 2.05) is 6.07 Å². The van der Waals surface area contributed by atoms with Crippen LogP contribution in [0.1, 0.15) is 36.0 Å². The summed E-state index contributed by atoms with van der Waals surface area (Å²) in [5.41, 5.74) is 7.58. The van der Waals surface area contributed by atoms with Crippen molar-refractivity contribution < 1.29 is 18.3 Å². The van der Waals surface area contributed by atoms with Crippen LogP contribution in [0.15, 0.2) is 30.6 Å². The number of nitrogens with zero attached hydrogens (tertiary/aromatic N) is 5. The van der Waals surface area contributed by atoms with E-state index in [1.54, 1.807) is 25.1 Å². The summed E-state index contributed by atoms with van der Waals surface area (Å²) in [7, 11) is 0. The van der Waals surface area contributed by atoms with Crippen LogP contribution in [0, 0.1) is 16.7 Å². The number of anilines is 2. The molecule has 0 saturated carbocycles. The number of aryl methyl sites for hydroxylation is 1. The second-order valence-electron chi connectivity index (χ2n) is 7.98. The summed E-state index contributed by atoms with van der Waals surface area (Å²) in [6, 6.07) is 6.92. The molecule has 1 aromatic carbocycles. The Morgan fingerprint density at radius 2 is 2.08 bits per heavy atom. The number of halogens is 3. The fourth-order valence-electron chi connectivity index (χ4n) is 3.95. The number of ether oxygens (including phenoxy) is 1. The van der Waals surface area contributed by atoms with Crippen LogP contribution < -0.4 is 15.4 Å². The predicted octanol–water partition coefficient (Wildman–Crippen LogP) is 4.16. The number of alkyl halides is 2. The van der Waals surface area contributed by atoms with Gasteiger partial charge in [0, 0.05) is 36.2 Å². The Labute approximate surface area is 210 Å². The van der Waals surface area contributed by atoms with E-state index in [-0.39, 0.29) is 47.1 Å². The molecule has 4 rings (SSSR count). The Kier molecular flexibility index (Phi) is 7.07. The van der Waals surface area contributed by atoms with Gasteiger partial charge in [0.15, 0.2) is 6.10 Å². The third-order valence-corrected chi connectivity index (χ3v) is 5.82. The van der Waals surface area contributed by atoms with Crippen LogP contribution in [-0.2, 0) is 17.8 Å². The third-order valence-electron chi connectivity index (χ3n) is 5.62. The van der Waals surface area contributed by atoms with Crippen molar-refractivity contribution in [3.8, 4) is 22.9 Å². The number of hydrogen-bond acceptors (Lipinski definition) is 8. The number of fused-ring (bicyclic) bond motifs is 1. The highest BCUT2D eigenvalue weighted by molar-refractivity contribution is 6.30. The van der Waals surface area contributed by atoms with Gasteiger partial charge in [0.1, 0.15) is 23.5 Å². The molecule has 2 aromatic heterocycles. The average molecular weight is 512 g/mol. The molecule has 3 aromatic rings. The number of nitriles is 1. The topological polar surface area (TPSA) is 142 Å². The first-order chi connectivity index (χ1) is 17.2. The van der Waals surface area contributed by atoms with Crippen molar-refractivity contribution in [2.24, 2.45) is 0 Å². The summed E-state index contributed by atoms with van der Waals surface area (Å²) in [6.45, 7) is 1.68. The quantitative estimate of drug-likeness (QED) is 0.453. The number of benzene rings is 1. The Balaban J connectivity index is 1.81. The molecule has 3 heterocycles. The molecule has 184 valence electrons. The molecule has 36 heavy (non-hydrogen) atoms. The average Bonchev–Trinajstić information content (AvgIpc) is 2.85. The minimum absolute atomic E-state index is 0.0491. The van der Waals surface area contributed by atoms with Gasteiger partial charge in [0.05, 0.1) is 28.5 Å². The lowest BCUT2D eigenvalue weighted by molar-refractivity contribution is -0.125. The number of pyridine rings is 1. The van der Waals surface area contributed by atoms with Crippen molar-refractivity contribution in [2.45, 2.75) is 38.8 Å². The largest absolute Gasteiger partial charge is 0.479 e. The van der Waals surface area contributed by atoms with Crippen molar-refractivity contribution in [1.82, 2.24) is 15.0 Å². The van der Waals surface area contributed by atoms with Crippen molar-refractivity contribution in [3.63, 3.8) is 0 Å². The van der Waals surface area contributed by atoms with Crippen LogP contribution >= 0.6 is 11.6 Å². The molecule has 0 radical (unpaired) electrons. The number of aromatic nitrogens is 3. The van der Waals surface area contributed by atoms with E-state index in [1.165, 1.54) is 17.3 Å². The summed E-state index contributed by atoms with van der Waals surface area (Å²) in [6.07, 6.45) is -0.198.